The number of rotatable bonds is 9. The zero-order chi connectivity index (χ0) is 21.5. The lowest BCUT2D eigenvalue weighted by atomic mass is 10.1. The van der Waals surface area contributed by atoms with Crippen LogP contribution in [0, 0.1) is 0 Å². The number of hydrogen-bond donors (Lipinski definition) is 1. The second kappa shape index (κ2) is 9.87. The molecule has 3 rings (SSSR count). The fraction of sp³-hybridized carbons (Fsp3) is 0.292. The van der Waals surface area contributed by atoms with E-state index in [1.165, 1.54) is 0 Å². The first-order valence-electron chi connectivity index (χ1n) is 9.82. The molecule has 3 aromatic carbocycles. The van der Waals surface area contributed by atoms with Gasteiger partial charge in [0, 0.05) is 11.9 Å². The van der Waals surface area contributed by atoms with E-state index in [1.807, 2.05) is 61.5 Å². The molecule has 0 aromatic heterocycles. The molecule has 0 fully saturated rings. The van der Waals surface area contributed by atoms with Crippen molar-refractivity contribution in [1.29, 1.82) is 0 Å². The molecule has 1 amide bonds. The minimum atomic E-state index is -0.599. The van der Waals surface area contributed by atoms with Crippen LogP contribution in [0.25, 0.3) is 10.8 Å². The standard InChI is InChI=1S/C24H27NO5/c1-5-19(30-20-12-8-10-17-9-6-7-11-18(17)20)24(26)25-15-16-13-21(27-2)23(29-4)22(14-16)28-3/h6-14,19H,5,15H2,1-4H3,(H,25,26)/t19-/m0/s1. The molecule has 30 heavy (non-hydrogen) atoms. The van der Waals surface area contributed by atoms with E-state index in [2.05, 4.69) is 5.32 Å². The molecule has 1 atom stereocenters. The molecule has 0 aliphatic rings. The molecule has 3 aromatic rings. The lowest BCUT2D eigenvalue weighted by Gasteiger charge is -2.19. The van der Waals surface area contributed by atoms with Gasteiger partial charge in [0.15, 0.2) is 17.6 Å². The molecule has 0 saturated heterocycles. The summed E-state index contributed by atoms with van der Waals surface area (Å²) in [5.74, 6) is 2.11. The van der Waals surface area contributed by atoms with Crippen LogP contribution in [0.1, 0.15) is 18.9 Å². The third kappa shape index (κ3) is 4.59. The van der Waals surface area contributed by atoms with Crippen LogP contribution in [0.4, 0.5) is 0 Å². The molecule has 158 valence electrons. The van der Waals surface area contributed by atoms with E-state index >= 15 is 0 Å². The number of amides is 1. The van der Waals surface area contributed by atoms with Gasteiger partial charge in [-0.2, -0.15) is 0 Å². The maximum absolute atomic E-state index is 12.8. The van der Waals surface area contributed by atoms with Crippen LogP contribution in [0.5, 0.6) is 23.0 Å². The van der Waals surface area contributed by atoms with Crippen molar-refractivity contribution in [3.05, 3.63) is 60.2 Å². The van der Waals surface area contributed by atoms with Crippen molar-refractivity contribution < 1.29 is 23.7 Å². The highest BCUT2D eigenvalue weighted by molar-refractivity contribution is 5.89. The van der Waals surface area contributed by atoms with E-state index < -0.39 is 6.10 Å². The maximum Gasteiger partial charge on any atom is 0.261 e. The van der Waals surface area contributed by atoms with Crippen molar-refractivity contribution in [1.82, 2.24) is 5.32 Å². The van der Waals surface area contributed by atoms with Gasteiger partial charge in [-0.25, -0.2) is 0 Å². The topological polar surface area (TPSA) is 66.0 Å². The summed E-state index contributed by atoms with van der Waals surface area (Å²) < 4.78 is 22.2. The van der Waals surface area contributed by atoms with E-state index in [0.717, 1.165) is 16.3 Å². The van der Waals surface area contributed by atoms with Crippen molar-refractivity contribution in [3.63, 3.8) is 0 Å². The zero-order valence-corrected chi connectivity index (χ0v) is 17.7. The molecular formula is C24H27NO5. The molecule has 0 radical (unpaired) electrons. The third-order valence-corrected chi connectivity index (χ3v) is 4.87. The Balaban J connectivity index is 1.73. The first kappa shape index (κ1) is 21.3. The van der Waals surface area contributed by atoms with Gasteiger partial charge in [-0.3, -0.25) is 4.79 Å². The summed E-state index contributed by atoms with van der Waals surface area (Å²) in [6, 6.07) is 17.4. The Morgan fingerprint density at radius 2 is 1.57 bits per heavy atom. The Labute approximate surface area is 176 Å². The summed E-state index contributed by atoms with van der Waals surface area (Å²) in [6.07, 6.45) is -0.0533. The molecule has 0 bridgehead atoms. The Hall–Kier alpha value is -3.41. The van der Waals surface area contributed by atoms with Crippen LogP contribution in [0.3, 0.4) is 0 Å². The molecule has 0 aliphatic heterocycles. The van der Waals surface area contributed by atoms with Crippen molar-refractivity contribution in [2.75, 3.05) is 21.3 Å². The predicted octanol–water partition coefficient (Wildman–Crippen LogP) is 4.34. The molecule has 0 heterocycles. The van der Waals surface area contributed by atoms with Gasteiger partial charge in [-0.15, -0.1) is 0 Å². The molecule has 6 nitrogen and oxygen atoms in total. The van der Waals surface area contributed by atoms with E-state index in [9.17, 15) is 4.79 Å². The molecular weight excluding hydrogens is 382 g/mol. The van der Waals surface area contributed by atoms with Gasteiger partial charge in [0.1, 0.15) is 5.75 Å². The molecule has 6 heteroatoms. The van der Waals surface area contributed by atoms with Crippen LogP contribution in [-0.4, -0.2) is 33.3 Å². The number of benzene rings is 3. The molecule has 0 saturated carbocycles. The quantitative estimate of drug-likeness (QED) is 0.570. The van der Waals surface area contributed by atoms with Crippen molar-refractivity contribution in [3.8, 4) is 23.0 Å². The molecule has 0 unspecified atom stereocenters. The second-order valence-corrected chi connectivity index (χ2v) is 6.74. The minimum absolute atomic E-state index is 0.181. The lowest BCUT2D eigenvalue weighted by Crippen LogP contribution is -2.37. The smallest absolute Gasteiger partial charge is 0.261 e. The van der Waals surface area contributed by atoms with Gasteiger partial charge in [0.05, 0.1) is 21.3 Å². The van der Waals surface area contributed by atoms with Gasteiger partial charge in [-0.05, 0) is 35.6 Å². The number of methoxy groups -OCH3 is 3. The van der Waals surface area contributed by atoms with Gasteiger partial charge < -0.3 is 24.3 Å². The Morgan fingerprint density at radius 3 is 2.20 bits per heavy atom. The molecule has 0 spiro atoms. The monoisotopic (exact) mass is 409 g/mol. The molecule has 1 N–H and O–H groups in total. The van der Waals surface area contributed by atoms with E-state index in [1.54, 1.807) is 21.3 Å². The first-order chi connectivity index (χ1) is 14.6. The average Bonchev–Trinajstić information content (AvgIpc) is 2.80. The van der Waals surface area contributed by atoms with Crippen LogP contribution >= 0.6 is 0 Å². The van der Waals surface area contributed by atoms with Crippen LogP contribution in [0.2, 0.25) is 0 Å². The second-order valence-electron chi connectivity index (χ2n) is 6.74. The van der Waals surface area contributed by atoms with E-state index in [0.29, 0.717) is 36.0 Å². The van der Waals surface area contributed by atoms with Crippen molar-refractivity contribution >= 4 is 16.7 Å². The van der Waals surface area contributed by atoms with Crippen LogP contribution < -0.4 is 24.3 Å². The van der Waals surface area contributed by atoms with E-state index in [4.69, 9.17) is 18.9 Å². The normalized spacial score (nSPS) is 11.6. The molecule has 0 aliphatic carbocycles. The summed E-state index contributed by atoms with van der Waals surface area (Å²) in [5, 5.41) is 5.00. The van der Waals surface area contributed by atoms with Gasteiger partial charge in [0.25, 0.3) is 5.91 Å². The zero-order valence-electron chi connectivity index (χ0n) is 17.7. The van der Waals surface area contributed by atoms with Crippen LogP contribution in [-0.2, 0) is 11.3 Å². The fourth-order valence-electron chi connectivity index (χ4n) is 3.31. The number of carbonyl (C=O) groups excluding carboxylic acids is 1. The summed E-state index contributed by atoms with van der Waals surface area (Å²) >= 11 is 0. The summed E-state index contributed by atoms with van der Waals surface area (Å²) in [7, 11) is 4.67. The van der Waals surface area contributed by atoms with Gasteiger partial charge in [-0.1, -0.05) is 43.3 Å². The summed E-state index contributed by atoms with van der Waals surface area (Å²) in [6.45, 7) is 2.24. The Kier molecular flexibility index (Phi) is 7.01. The van der Waals surface area contributed by atoms with Crippen molar-refractivity contribution in [2.24, 2.45) is 0 Å². The highest BCUT2D eigenvalue weighted by Gasteiger charge is 2.20. The third-order valence-electron chi connectivity index (χ3n) is 4.87. The SMILES string of the molecule is CC[C@H](Oc1cccc2ccccc12)C(=O)NCc1cc(OC)c(OC)c(OC)c1. The Bertz CT molecular complexity index is 987. The highest BCUT2D eigenvalue weighted by Crippen LogP contribution is 2.38. The first-order valence-corrected chi connectivity index (χ1v) is 9.82. The van der Waals surface area contributed by atoms with E-state index in [-0.39, 0.29) is 5.91 Å². The van der Waals surface area contributed by atoms with Crippen molar-refractivity contribution in [2.45, 2.75) is 26.0 Å². The van der Waals surface area contributed by atoms with Gasteiger partial charge in [0.2, 0.25) is 5.75 Å². The largest absolute Gasteiger partial charge is 0.493 e. The lowest BCUT2D eigenvalue weighted by molar-refractivity contribution is -0.128. The average molecular weight is 409 g/mol. The number of nitrogens with one attached hydrogen (secondary N) is 1. The summed E-state index contributed by atoms with van der Waals surface area (Å²) in [4.78, 5) is 12.8. The highest BCUT2D eigenvalue weighted by atomic mass is 16.5. The predicted molar refractivity (Wildman–Crippen MR) is 117 cm³/mol. The maximum atomic E-state index is 12.8. The van der Waals surface area contributed by atoms with Gasteiger partial charge >= 0.3 is 0 Å². The van der Waals surface area contributed by atoms with Crippen LogP contribution in [0.15, 0.2) is 54.6 Å². The minimum Gasteiger partial charge on any atom is -0.493 e. The summed E-state index contributed by atoms with van der Waals surface area (Å²) in [5.41, 5.74) is 0.831. The fourth-order valence-corrected chi connectivity index (χ4v) is 3.31. The number of hydrogen-bond acceptors (Lipinski definition) is 5. The Morgan fingerprint density at radius 1 is 0.900 bits per heavy atom. The number of ether oxygens (including phenoxy) is 4. The number of fused-ring (bicyclic) bond motifs is 1. The number of carbonyl (C=O) groups is 1.